The van der Waals surface area contributed by atoms with Crippen molar-refractivity contribution in [3.05, 3.63) is 12.2 Å². The van der Waals surface area contributed by atoms with E-state index in [0.717, 1.165) is 25.7 Å². The van der Waals surface area contributed by atoms with Crippen molar-refractivity contribution in [1.29, 1.82) is 0 Å². The predicted molar refractivity (Wildman–Crippen MR) is 125 cm³/mol. The molecule has 4 aliphatic carbocycles. The molecule has 0 unspecified atom stereocenters. The largest absolute Gasteiger partial charge is 0.393 e. The van der Waals surface area contributed by atoms with Gasteiger partial charge >= 0.3 is 0 Å². The van der Waals surface area contributed by atoms with E-state index < -0.39 is 23.9 Å². The van der Waals surface area contributed by atoms with Crippen LogP contribution in [-0.2, 0) is 0 Å². The quantitative estimate of drug-likeness (QED) is 0.423. The molecule has 0 amide bonds. The Morgan fingerprint density at radius 3 is 2.19 bits per heavy atom. The smallest absolute Gasteiger partial charge is 0.0763 e. The normalized spacial score (nSPS) is 53.0. The molecule has 0 spiro atoms. The van der Waals surface area contributed by atoms with Crippen molar-refractivity contribution in [3.63, 3.8) is 0 Å². The van der Waals surface area contributed by atoms with Crippen LogP contribution in [0.25, 0.3) is 0 Å². The van der Waals surface area contributed by atoms with Crippen LogP contribution in [-0.4, -0.2) is 55.5 Å². The van der Waals surface area contributed by atoms with Gasteiger partial charge in [-0.1, -0.05) is 46.8 Å². The zero-order chi connectivity index (χ0) is 23.6. The van der Waals surface area contributed by atoms with Crippen LogP contribution in [0.4, 0.5) is 0 Å². The summed E-state index contributed by atoms with van der Waals surface area (Å²) in [6.45, 7) is 10.6. The van der Waals surface area contributed by atoms with E-state index in [9.17, 15) is 25.5 Å². The molecule has 0 saturated heterocycles. The molecule has 4 aliphatic rings. The number of allylic oxidation sites excluding steroid dienone is 1. The minimum atomic E-state index is -1.09. The molecule has 0 heterocycles. The summed E-state index contributed by atoms with van der Waals surface area (Å²) in [5.41, 5.74) is -1.51. The van der Waals surface area contributed by atoms with Gasteiger partial charge in [-0.3, -0.25) is 0 Å². The van der Waals surface area contributed by atoms with Crippen molar-refractivity contribution < 1.29 is 25.5 Å². The van der Waals surface area contributed by atoms with Crippen LogP contribution < -0.4 is 0 Å². The molecule has 4 fully saturated rings. The zero-order valence-corrected chi connectivity index (χ0v) is 20.6. The summed E-state index contributed by atoms with van der Waals surface area (Å²) < 4.78 is 0. The van der Waals surface area contributed by atoms with Crippen LogP contribution >= 0.6 is 0 Å². The van der Waals surface area contributed by atoms with Gasteiger partial charge in [-0.25, -0.2) is 0 Å². The monoisotopic (exact) mass is 450 g/mol. The fourth-order valence-electron chi connectivity index (χ4n) is 8.98. The number of hydrogen-bond acceptors (Lipinski definition) is 5. The third-order valence-corrected chi connectivity index (χ3v) is 10.7. The minimum absolute atomic E-state index is 0.00889. The Morgan fingerprint density at radius 2 is 1.53 bits per heavy atom. The van der Waals surface area contributed by atoms with Gasteiger partial charge in [0.2, 0.25) is 0 Å². The van der Waals surface area contributed by atoms with Crippen molar-refractivity contribution in [2.45, 2.75) is 110 Å². The van der Waals surface area contributed by atoms with Gasteiger partial charge in [0, 0.05) is 12.3 Å². The summed E-state index contributed by atoms with van der Waals surface area (Å²) >= 11 is 0. The second-order valence-electron chi connectivity index (χ2n) is 12.8. The third-order valence-electron chi connectivity index (χ3n) is 10.7. The Labute approximate surface area is 193 Å². The zero-order valence-electron chi connectivity index (χ0n) is 20.6. The molecule has 32 heavy (non-hydrogen) atoms. The highest BCUT2D eigenvalue weighted by atomic mass is 16.3. The van der Waals surface area contributed by atoms with E-state index in [1.807, 2.05) is 19.9 Å². The Hall–Kier alpha value is -0.460. The molecule has 5 N–H and O–H groups in total. The van der Waals surface area contributed by atoms with Crippen molar-refractivity contribution >= 4 is 0 Å². The van der Waals surface area contributed by atoms with Crippen LogP contribution in [0, 0.1) is 46.3 Å². The van der Waals surface area contributed by atoms with E-state index in [2.05, 4.69) is 26.8 Å². The van der Waals surface area contributed by atoms with Crippen LogP contribution in [0.1, 0.15) is 79.6 Å². The maximum Gasteiger partial charge on any atom is 0.0763 e. The molecule has 5 nitrogen and oxygen atoms in total. The molecule has 0 aliphatic heterocycles. The third kappa shape index (κ3) is 3.62. The number of rotatable bonds is 4. The first kappa shape index (κ1) is 24.7. The average Bonchev–Trinajstić information content (AvgIpc) is 2.98. The standard InChI is InChI=1S/C27H46O5/c1-15(2)20(29)7-6-16(3)18-13-21(30)24-26(18,5)11-9-23-25(4)10-8-17(28)12-19(25)22(31)14-27(23,24)32/h6-7,15-24,28-32H,8-14H2,1-5H3/b7-6+/t16-,17+,18-,19-,20+,21+,22-,23-,24-,25+,26-,27+/m1/s1. The van der Waals surface area contributed by atoms with Gasteiger partial charge in [-0.2, -0.15) is 0 Å². The minimum Gasteiger partial charge on any atom is -0.393 e. The van der Waals surface area contributed by atoms with Gasteiger partial charge in [0.05, 0.1) is 30.0 Å². The average molecular weight is 451 g/mol. The maximum atomic E-state index is 12.3. The molecule has 5 heteroatoms. The van der Waals surface area contributed by atoms with E-state index in [-0.39, 0.29) is 52.4 Å². The topological polar surface area (TPSA) is 101 Å². The maximum absolute atomic E-state index is 12.3. The molecule has 0 aromatic rings. The van der Waals surface area contributed by atoms with Crippen molar-refractivity contribution in [1.82, 2.24) is 0 Å². The van der Waals surface area contributed by atoms with Crippen LogP contribution in [0.2, 0.25) is 0 Å². The lowest BCUT2D eigenvalue weighted by molar-refractivity contribution is -0.263. The second kappa shape index (κ2) is 8.34. The summed E-state index contributed by atoms with van der Waals surface area (Å²) in [5.74, 6) is 0.363. The van der Waals surface area contributed by atoms with Crippen LogP contribution in [0.3, 0.4) is 0 Å². The van der Waals surface area contributed by atoms with E-state index in [1.165, 1.54) is 0 Å². The molecule has 4 saturated carbocycles. The summed E-state index contributed by atoms with van der Waals surface area (Å²) in [7, 11) is 0. The Balaban J connectivity index is 1.64. The molecule has 4 rings (SSSR count). The number of aliphatic hydroxyl groups excluding tert-OH is 4. The first-order valence-electron chi connectivity index (χ1n) is 13.0. The highest BCUT2D eigenvalue weighted by molar-refractivity contribution is 5.20. The summed E-state index contributed by atoms with van der Waals surface area (Å²) in [6, 6.07) is 0. The summed E-state index contributed by atoms with van der Waals surface area (Å²) in [4.78, 5) is 0. The van der Waals surface area contributed by atoms with Crippen molar-refractivity contribution in [2.24, 2.45) is 46.3 Å². The van der Waals surface area contributed by atoms with Gasteiger partial charge in [0.1, 0.15) is 0 Å². The van der Waals surface area contributed by atoms with E-state index >= 15 is 0 Å². The summed E-state index contributed by atoms with van der Waals surface area (Å²) in [6.07, 6.45) is 6.86. The SMILES string of the molecule is CC(C)[C@@H](O)/C=C/[C@@H](C)[C@H]1C[C@H](O)[C@@H]2[C@]1(C)CC[C@@H]1[C@@]3(C)CC[C@H](O)C[C@@H]3[C@H](O)C[C@]12O. The van der Waals surface area contributed by atoms with Gasteiger partial charge < -0.3 is 25.5 Å². The van der Waals surface area contributed by atoms with E-state index in [4.69, 9.17) is 0 Å². The molecule has 0 aromatic carbocycles. The highest BCUT2D eigenvalue weighted by Crippen LogP contribution is 2.69. The molecule has 0 radical (unpaired) electrons. The molecule has 12 atom stereocenters. The first-order valence-corrected chi connectivity index (χ1v) is 13.0. The van der Waals surface area contributed by atoms with Gasteiger partial charge in [0.15, 0.2) is 0 Å². The molecule has 184 valence electrons. The van der Waals surface area contributed by atoms with Crippen molar-refractivity contribution in [3.8, 4) is 0 Å². The van der Waals surface area contributed by atoms with Gasteiger partial charge in [-0.05, 0) is 78.9 Å². The van der Waals surface area contributed by atoms with Crippen LogP contribution in [0.15, 0.2) is 12.2 Å². The highest BCUT2D eigenvalue weighted by Gasteiger charge is 2.70. The van der Waals surface area contributed by atoms with E-state index in [0.29, 0.717) is 19.3 Å². The number of fused-ring (bicyclic) bond motifs is 5. The van der Waals surface area contributed by atoms with E-state index in [1.54, 1.807) is 0 Å². The van der Waals surface area contributed by atoms with Gasteiger partial charge in [0.25, 0.3) is 0 Å². The van der Waals surface area contributed by atoms with Crippen molar-refractivity contribution in [2.75, 3.05) is 0 Å². The number of hydrogen-bond donors (Lipinski definition) is 5. The lowest BCUT2D eigenvalue weighted by Crippen LogP contribution is -2.68. The summed E-state index contributed by atoms with van der Waals surface area (Å²) in [5, 5.41) is 55.3. The van der Waals surface area contributed by atoms with Crippen LogP contribution in [0.5, 0.6) is 0 Å². The fraction of sp³-hybridized carbons (Fsp3) is 0.926. The lowest BCUT2D eigenvalue weighted by atomic mass is 9.42. The Morgan fingerprint density at radius 1 is 0.875 bits per heavy atom. The molecular weight excluding hydrogens is 404 g/mol. The second-order valence-corrected chi connectivity index (χ2v) is 12.8. The lowest BCUT2D eigenvalue weighted by Gasteiger charge is -2.66. The van der Waals surface area contributed by atoms with Gasteiger partial charge in [-0.15, -0.1) is 0 Å². The first-order chi connectivity index (χ1) is 14.8. The molecule has 0 aromatic heterocycles. The molecule has 0 bridgehead atoms. The number of aliphatic hydroxyl groups is 5. The fourth-order valence-corrected chi connectivity index (χ4v) is 8.98. The Bertz CT molecular complexity index is 723. The molecular formula is C27H46O5. The Kier molecular flexibility index (Phi) is 6.42. The predicted octanol–water partition coefficient (Wildman–Crippen LogP) is 3.27.